The van der Waals surface area contributed by atoms with Crippen LogP contribution in [0.25, 0.3) is 6.08 Å². The van der Waals surface area contributed by atoms with Crippen LogP contribution in [0.4, 0.5) is 0 Å². The number of hydrogen-bond donors (Lipinski definition) is 1. The minimum atomic E-state index is -0.745. The molecule has 12 heteroatoms. The second-order valence-electron chi connectivity index (χ2n) is 8.87. The standard InChI is InChI=1S/C28H23Cl2N3O5S2/c1-37-19-10-7-17(8-11-19)14-38-27(36)23-18(9-12-20-24(29)32-28(30)40-20)15-39-26-22(25(35)33(23)26)31-21(34)13-16-5-3-2-4-6-16/h2-12,22,26H,13-15H2,1H3,(H,31,34)/t22?,26-/m1/s1. The molecule has 206 valence electrons. The summed E-state index contributed by atoms with van der Waals surface area (Å²) >= 11 is 14.8. The molecule has 40 heavy (non-hydrogen) atoms. The Labute approximate surface area is 249 Å². The fraction of sp³-hybridized carbons (Fsp3) is 0.214. The van der Waals surface area contributed by atoms with Gasteiger partial charge >= 0.3 is 5.97 Å². The van der Waals surface area contributed by atoms with Gasteiger partial charge in [-0.3, -0.25) is 14.5 Å². The van der Waals surface area contributed by atoms with Gasteiger partial charge in [0.05, 0.1) is 18.4 Å². The lowest BCUT2D eigenvalue weighted by Crippen LogP contribution is -2.70. The van der Waals surface area contributed by atoms with E-state index in [0.717, 1.165) is 11.1 Å². The van der Waals surface area contributed by atoms with Crippen molar-refractivity contribution < 1.29 is 23.9 Å². The van der Waals surface area contributed by atoms with Gasteiger partial charge in [-0.15, -0.1) is 23.1 Å². The van der Waals surface area contributed by atoms with Crippen LogP contribution in [0, 0.1) is 0 Å². The van der Waals surface area contributed by atoms with Crippen LogP contribution in [0.15, 0.2) is 71.9 Å². The van der Waals surface area contributed by atoms with Crippen molar-refractivity contribution in [3.8, 4) is 5.75 Å². The number of methoxy groups -OCH3 is 1. The zero-order chi connectivity index (χ0) is 28.2. The first-order valence-electron chi connectivity index (χ1n) is 12.1. The molecule has 3 aromatic rings. The predicted octanol–water partition coefficient (Wildman–Crippen LogP) is 5.11. The Morgan fingerprint density at radius 2 is 1.85 bits per heavy atom. The third-order valence-corrected chi connectivity index (χ3v) is 9.09. The number of halogens is 2. The molecular weight excluding hydrogens is 593 g/mol. The Balaban J connectivity index is 1.35. The number of β-lactam (4-membered cyclic amide) rings is 1. The van der Waals surface area contributed by atoms with E-state index in [1.165, 1.54) is 28.0 Å². The Hall–Kier alpha value is -3.31. The van der Waals surface area contributed by atoms with Crippen molar-refractivity contribution in [1.82, 2.24) is 15.2 Å². The van der Waals surface area contributed by atoms with Gasteiger partial charge in [-0.25, -0.2) is 9.78 Å². The number of amides is 2. The van der Waals surface area contributed by atoms with E-state index in [1.54, 1.807) is 43.5 Å². The minimum absolute atomic E-state index is 0.0106. The van der Waals surface area contributed by atoms with Gasteiger partial charge in [-0.05, 0) is 34.9 Å². The Morgan fingerprint density at radius 1 is 1.10 bits per heavy atom. The summed E-state index contributed by atoms with van der Waals surface area (Å²) in [5.41, 5.74) is 2.33. The van der Waals surface area contributed by atoms with E-state index in [-0.39, 0.29) is 35.7 Å². The van der Waals surface area contributed by atoms with E-state index in [0.29, 0.717) is 26.4 Å². The molecule has 2 aromatic carbocycles. The molecule has 8 nitrogen and oxygen atoms in total. The predicted molar refractivity (Wildman–Crippen MR) is 156 cm³/mol. The Kier molecular flexibility index (Phi) is 8.80. The van der Waals surface area contributed by atoms with E-state index in [2.05, 4.69) is 10.3 Å². The molecule has 2 aliphatic heterocycles. The van der Waals surface area contributed by atoms with Crippen molar-refractivity contribution in [2.75, 3.05) is 12.9 Å². The van der Waals surface area contributed by atoms with Crippen LogP contribution in [-0.2, 0) is 32.1 Å². The molecule has 0 aliphatic carbocycles. The molecule has 1 aromatic heterocycles. The number of esters is 1. The molecule has 1 unspecified atom stereocenters. The highest BCUT2D eigenvalue weighted by atomic mass is 35.5. The first kappa shape index (κ1) is 28.2. The fourth-order valence-corrected chi connectivity index (χ4v) is 6.87. The molecule has 1 fully saturated rings. The molecule has 0 saturated carbocycles. The summed E-state index contributed by atoms with van der Waals surface area (Å²) in [4.78, 5) is 45.4. The van der Waals surface area contributed by atoms with Crippen LogP contribution in [0.3, 0.4) is 0 Å². The van der Waals surface area contributed by atoms with Crippen LogP contribution >= 0.6 is 46.3 Å². The number of allylic oxidation sites excluding steroid dienone is 1. The van der Waals surface area contributed by atoms with E-state index in [4.69, 9.17) is 32.7 Å². The molecule has 0 radical (unpaired) electrons. The third-order valence-electron chi connectivity index (χ3n) is 6.26. The SMILES string of the molecule is COc1ccc(COC(=O)C2=C(C=Cc3sc(Cl)nc3Cl)CS[C@@H]3C(NC(=O)Cc4ccccc4)C(=O)N23)cc1. The van der Waals surface area contributed by atoms with Crippen LogP contribution in [-0.4, -0.2) is 51.9 Å². The third kappa shape index (κ3) is 6.20. The van der Waals surface area contributed by atoms with Crippen molar-refractivity contribution in [2.24, 2.45) is 0 Å². The molecule has 0 spiro atoms. The van der Waals surface area contributed by atoms with Gasteiger partial charge < -0.3 is 14.8 Å². The van der Waals surface area contributed by atoms with E-state index in [1.807, 2.05) is 30.3 Å². The number of carbonyl (C=O) groups excluding carboxylic acids is 3. The number of benzene rings is 2. The van der Waals surface area contributed by atoms with Crippen LogP contribution in [0.1, 0.15) is 16.0 Å². The highest BCUT2D eigenvalue weighted by Gasteiger charge is 2.54. The smallest absolute Gasteiger partial charge is 0.355 e. The molecule has 2 amide bonds. The maximum atomic E-state index is 13.4. The molecular formula is C28H23Cl2N3O5S2. The van der Waals surface area contributed by atoms with Crippen molar-refractivity contribution in [3.05, 3.63) is 97.6 Å². The number of thioether (sulfide) groups is 1. The summed E-state index contributed by atoms with van der Waals surface area (Å²) in [6.45, 7) is 0.0106. The first-order chi connectivity index (χ1) is 19.3. The topological polar surface area (TPSA) is 97.8 Å². The van der Waals surface area contributed by atoms with Gasteiger partial charge in [0, 0.05) is 5.75 Å². The van der Waals surface area contributed by atoms with Crippen molar-refractivity contribution in [3.63, 3.8) is 0 Å². The van der Waals surface area contributed by atoms with Crippen molar-refractivity contribution >= 4 is 70.2 Å². The first-order valence-corrected chi connectivity index (χ1v) is 14.8. The number of rotatable bonds is 9. The van der Waals surface area contributed by atoms with E-state index in [9.17, 15) is 14.4 Å². The Bertz CT molecular complexity index is 1490. The van der Waals surface area contributed by atoms with Crippen LogP contribution in [0.5, 0.6) is 5.75 Å². The van der Waals surface area contributed by atoms with E-state index < -0.39 is 17.4 Å². The van der Waals surface area contributed by atoms with Crippen molar-refractivity contribution in [1.29, 1.82) is 0 Å². The number of fused-ring (bicyclic) bond motifs is 1. The van der Waals surface area contributed by atoms with Crippen LogP contribution < -0.4 is 10.1 Å². The van der Waals surface area contributed by atoms with Gasteiger partial charge in [0.1, 0.15) is 34.6 Å². The summed E-state index contributed by atoms with van der Waals surface area (Å²) in [6.07, 6.45) is 3.58. The molecule has 5 rings (SSSR count). The maximum Gasteiger partial charge on any atom is 0.355 e. The summed E-state index contributed by atoms with van der Waals surface area (Å²) in [6, 6.07) is 15.7. The lowest BCUT2D eigenvalue weighted by atomic mass is 10.0. The molecule has 2 atom stereocenters. The second-order valence-corrected chi connectivity index (χ2v) is 11.9. The normalized spacial score (nSPS) is 18.4. The van der Waals surface area contributed by atoms with Gasteiger partial charge in [0.25, 0.3) is 5.91 Å². The summed E-state index contributed by atoms with van der Waals surface area (Å²) in [5.74, 6) is -0.186. The lowest BCUT2D eigenvalue weighted by Gasteiger charge is -2.49. The summed E-state index contributed by atoms with van der Waals surface area (Å²) in [7, 11) is 1.57. The average molecular weight is 617 g/mol. The van der Waals surface area contributed by atoms with Gasteiger partial charge in [-0.1, -0.05) is 71.7 Å². The second kappa shape index (κ2) is 12.5. The summed E-state index contributed by atoms with van der Waals surface area (Å²) in [5, 5.41) is 2.64. The zero-order valence-electron chi connectivity index (χ0n) is 21.1. The summed E-state index contributed by atoms with van der Waals surface area (Å²) < 4.78 is 11.1. The molecule has 3 heterocycles. The largest absolute Gasteiger partial charge is 0.497 e. The lowest BCUT2D eigenvalue weighted by molar-refractivity contribution is -0.153. The van der Waals surface area contributed by atoms with E-state index >= 15 is 0 Å². The van der Waals surface area contributed by atoms with Gasteiger partial charge in [-0.2, -0.15) is 0 Å². The maximum absolute atomic E-state index is 13.4. The number of ether oxygens (including phenoxy) is 2. The highest BCUT2D eigenvalue weighted by Crippen LogP contribution is 2.41. The number of hydrogen-bond acceptors (Lipinski definition) is 8. The monoisotopic (exact) mass is 615 g/mol. The molecule has 1 N–H and O–H groups in total. The van der Waals surface area contributed by atoms with Crippen molar-refractivity contribution in [2.45, 2.75) is 24.4 Å². The minimum Gasteiger partial charge on any atom is -0.497 e. The average Bonchev–Trinajstić information content (AvgIpc) is 3.29. The number of aromatic nitrogens is 1. The zero-order valence-corrected chi connectivity index (χ0v) is 24.3. The molecule has 2 aliphatic rings. The highest BCUT2D eigenvalue weighted by molar-refractivity contribution is 8.00. The number of carbonyl (C=O) groups is 3. The van der Waals surface area contributed by atoms with Gasteiger partial charge in [0.2, 0.25) is 5.91 Å². The fourth-order valence-electron chi connectivity index (χ4n) is 4.27. The van der Waals surface area contributed by atoms with Crippen LogP contribution in [0.2, 0.25) is 9.62 Å². The Morgan fingerprint density at radius 3 is 2.52 bits per heavy atom. The number of nitrogens with zero attached hydrogens (tertiary/aromatic N) is 2. The van der Waals surface area contributed by atoms with Gasteiger partial charge in [0.15, 0.2) is 4.47 Å². The quantitative estimate of drug-likeness (QED) is 0.264. The molecule has 0 bridgehead atoms. The number of nitrogens with one attached hydrogen (secondary N) is 1. The molecule has 1 saturated heterocycles. The number of thiazole rings is 1.